The third-order valence-electron chi connectivity index (χ3n) is 3.00. The van der Waals surface area contributed by atoms with E-state index in [0.29, 0.717) is 11.6 Å². The topological polar surface area (TPSA) is 30.0 Å². The van der Waals surface area contributed by atoms with Gasteiger partial charge in [0.2, 0.25) is 0 Å². The number of rotatable bonds is 4. The molecule has 0 fully saturated rings. The van der Waals surface area contributed by atoms with Crippen LogP contribution in [0, 0.1) is 0 Å². The van der Waals surface area contributed by atoms with Gasteiger partial charge in [-0.1, -0.05) is 36.7 Å². The summed E-state index contributed by atoms with van der Waals surface area (Å²) in [5.74, 6) is 0.324. The minimum atomic E-state index is 0.324. The van der Waals surface area contributed by atoms with Gasteiger partial charge < -0.3 is 0 Å². The fraction of sp³-hybridized carbons (Fsp3) is 0.200. The molecular weight excluding hydrogens is 246 g/mol. The summed E-state index contributed by atoms with van der Waals surface area (Å²) in [5.41, 5.74) is 2.72. The second kappa shape index (κ2) is 5.78. The summed E-state index contributed by atoms with van der Waals surface area (Å²) in [5, 5.41) is 0.737. The molecule has 1 aromatic heterocycles. The van der Waals surface area contributed by atoms with Gasteiger partial charge >= 0.3 is 0 Å². The molecule has 2 aromatic rings. The van der Waals surface area contributed by atoms with Crippen LogP contribution in [0.3, 0.4) is 0 Å². The first-order chi connectivity index (χ1) is 8.70. The molecule has 0 aliphatic carbocycles. The highest BCUT2D eigenvalue weighted by atomic mass is 35.5. The Kier molecular flexibility index (Phi) is 4.11. The first kappa shape index (κ1) is 12.8. The molecule has 1 aromatic carbocycles. The van der Waals surface area contributed by atoms with Crippen LogP contribution in [0.25, 0.3) is 0 Å². The molecule has 3 heteroatoms. The molecule has 2 rings (SSSR count). The molecule has 92 valence electrons. The smallest absolute Gasteiger partial charge is 0.168 e. The second-order valence-corrected chi connectivity index (χ2v) is 4.76. The maximum atomic E-state index is 10.9. The van der Waals surface area contributed by atoms with E-state index in [1.807, 2.05) is 36.4 Å². The quantitative estimate of drug-likeness (QED) is 0.780. The SMILES string of the molecule is CC(Cc1cccnc1C=O)c1ccc(Cl)cc1. The van der Waals surface area contributed by atoms with Crippen LogP contribution in [0.2, 0.25) is 5.02 Å². The maximum Gasteiger partial charge on any atom is 0.168 e. The van der Waals surface area contributed by atoms with E-state index < -0.39 is 0 Å². The number of pyridine rings is 1. The van der Waals surface area contributed by atoms with Crippen LogP contribution in [0.5, 0.6) is 0 Å². The third-order valence-corrected chi connectivity index (χ3v) is 3.25. The molecular formula is C15H14ClNO. The Balaban J connectivity index is 2.18. The highest BCUT2D eigenvalue weighted by molar-refractivity contribution is 6.30. The number of hydrogen-bond acceptors (Lipinski definition) is 2. The van der Waals surface area contributed by atoms with Gasteiger partial charge in [-0.3, -0.25) is 9.78 Å². The van der Waals surface area contributed by atoms with Gasteiger partial charge in [0, 0.05) is 11.2 Å². The zero-order chi connectivity index (χ0) is 13.0. The lowest BCUT2D eigenvalue weighted by atomic mass is 9.93. The molecule has 1 unspecified atom stereocenters. The van der Waals surface area contributed by atoms with E-state index in [1.165, 1.54) is 5.56 Å². The summed E-state index contributed by atoms with van der Waals surface area (Å²) >= 11 is 5.87. The van der Waals surface area contributed by atoms with Gasteiger partial charge in [-0.2, -0.15) is 0 Å². The number of nitrogens with zero attached hydrogens (tertiary/aromatic N) is 1. The Morgan fingerprint density at radius 3 is 2.67 bits per heavy atom. The highest BCUT2D eigenvalue weighted by Crippen LogP contribution is 2.22. The Labute approximate surface area is 112 Å². The molecule has 0 saturated heterocycles. The molecule has 2 nitrogen and oxygen atoms in total. The maximum absolute atomic E-state index is 10.9. The standard InChI is InChI=1S/C15H14ClNO/c1-11(12-4-6-14(16)7-5-12)9-13-3-2-8-17-15(13)10-18/h2-8,10-11H,9H2,1H3. The summed E-state index contributed by atoms with van der Waals surface area (Å²) in [6.07, 6.45) is 3.24. The zero-order valence-corrected chi connectivity index (χ0v) is 10.9. The average molecular weight is 260 g/mol. The van der Waals surface area contributed by atoms with Crippen molar-refractivity contribution < 1.29 is 4.79 Å². The van der Waals surface area contributed by atoms with E-state index in [9.17, 15) is 4.79 Å². The van der Waals surface area contributed by atoms with Crippen LogP contribution >= 0.6 is 11.6 Å². The summed E-state index contributed by atoms with van der Waals surface area (Å²) in [4.78, 5) is 15.0. The number of benzene rings is 1. The molecule has 18 heavy (non-hydrogen) atoms. The second-order valence-electron chi connectivity index (χ2n) is 4.32. The van der Waals surface area contributed by atoms with Gasteiger partial charge in [-0.05, 0) is 41.7 Å². The minimum Gasteiger partial charge on any atom is -0.296 e. The monoisotopic (exact) mass is 259 g/mol. The highest BCUT2D eigenvalue weighted by Gasteiger charge is 2.10. The summed E-state index contributed by atoms with van der Waals surface area (Å²) in [6.45, 7) is 2.13. The molecule has 0 spiro atoms. The van der Waals surface area contributed by atoms with Crippen LogP contribution in [-0.4, -0.2) is 11.3 Å². The number of carbonyl (C=O) groups is 1. The Morgan fingerprint density at radius 1 is 1.28 bits per heavy atom. The first-order valence-corrected chi connectivity index (χ1v) is 6.23. The lowest BCUT2D eigenvalue weighted by Crippen LogP contribution is -2.02. The van der Waals surface area contributed by atoms with Gasteiger partial charge in [0.15, 0.2) is 6.29 Å². The number of aromatic nitrogens is 1. The van der Waals surface area contributed by atoms with Crippen LogP contribution in [-0.2, 0) is 6.42 Å². The molecule has 1 heterocycles. The largest absolute Gasteiger partial charge is 0.296 e. The molecule has 0 amide bonds. The van der Waals surface area contributed by atoms with Crippen molar-refractivity contribution in [2.45, 2.75) is 19.3 Å². The van der Waals surface area contributed by atoms with Gasteiger partial charge in [0.25, 0.3) is 0 Å². The van der Waals surface area contributed by atoms with Crippen LogP contribution in [0.15, 0.2) is 42.6 Å². The molecule has 0 radical (unpaired) electrons. The van der Waals surface area contributed by atoms with Gasteiger partial charge in [-0.15, -0.1) is 0 Å². The summed E-state index contributed by atoms with van der Waals surface area (Å²) in [7, 11) is 0. The average Bonchev–Trinajstić information content (AvgIpc) is 2.40. The number of hydrogen-bond donors (Lipinski definition) is 0. The molecule has 1 atom stereocenters. The van der Waals surface area contributed by atoms with Crippen LogP contribution < -0.4 is 0 Å². The fourth-order valence-electron chi connectivity index (χ4n) is 1.97. The number of halogens is 1. The molecule has 0 bridgehead atoms. The predicted octanol–water partition coefficient (Wildman–Crippen LogP) is 3.89. The van der Waals surface area contributed by atoms with Crippen molar-refractivity contribution in [3.63, 3.8) is 0 Å². The molecule has 0 saturated carbocycles. The van der Waals surface area contributed by atoms with Crippen molar-refractivity contribution in [3.8, 4) is 0 Å². The Hall–Kier alpha value is -1.67. The lowest BCUT2D eigenvalue weighted by molar-refractivity contribution is 0.111. The first-order valence-electron chi connectivity index (χ1n) is 5.85. The van der Waals surface area contributed by atoms with E-state index in [1.54, 1.807) is 6.20 Å². The van der Waals surface area contributed by atoms with E-state index >= 15 is 0 Å². The van der Waals surface area contributed by atoms with Gasteiger partial charge in [0.05, 0.1) is 0 Å². The van der Waals surface area contributed by atoms with Crippen molar-refractivity contribution in [1.29, 1.82) is 0 Å². The van der Waals surface area contributed by atoms with E-state index in [-0.39, 0.29) is 0 Å². The summed E-state index contributed by atoms with van der Waals surface area (Å²) < 4.78 is 0. The Morgan fingerprint density at radius 2 is 2.00 bits per heavy atom. The molecule has 0 N–H and O–H groups in total. The normalized spacial score (nSPS) is 12.1. The minimum absolute atomic E-state index is 0.324. The van der Waals surface area contributed by atoms with E-state index in [2.05, 4.69) is 11.9 Å². The van der Waals surface area contributed by atoms with Crippen molar-refractivity contribution in [1.82, 2.24) is 4.98 Å². The van der Waals surface area contributed by atoms with Gasteiger partial charge in [0.1, 0.15) is 5.69 Å². The number of carbonyl (C=O) groups excluding carboxylic acids is 1. The lowest BCUT2D eigenvalue weighted by Gasteiger charge is -2.12. The zero-order valence-electron chi connectivity index (χ0n) is 10.1. The van der Waals surface area contributed by atoms with E-state index in [0.717, 1.165) is 23.3 Å². The van der Waals surface area contributed by atoms with Gasteiger partial charge in [-0.25, -0.2) is 0 Å². The molecule has 0 aliphatic rings. The van der Waals surface area contributed by atoms with Crippen molar-refractivity contribution in [2.24, 2.45) is 0 Å². The van der Waals surface area contributed by atoms with Crippen molar-refractivity contribution >= 4 is 17.9 Å². The fourth-order valence-corrected chi connectivity index (χ4v) is 2.09. The van der Waals surface area contributed by atoms with Crippen molar-refractivity contribution in [3.05, 3.63) is 64.4 Å². The Bertz CT molecular complexity index is 536. The van der Waals surface area contributed by atoms with Crippen LogP contribution in [0.4, 0.5) is 0 Å². The van der Waals surface area contributed by atoms with Crippen molar-refractivity contribution in [2.75, 3.05) is 0 Å². The summed E-state index contributed by atoms with van der Waals surface area (Å²) in [6, 6.07) is 11.6. The number of aldehydes is 1. The van der Waals surface area contributed by atoms with E-state index in [4.69, 9.17) is 11.6 Å². The molecule has 0 aliphatic heterocycles. The predicted molar refractivity (Wildman–Crippen MR) is 73.2 cm³/mol. The third kappa shape index (κ3) is 2.96. The van der Waals surface area contributed by atoms with Crippen LogP contribution in [0.1, 0.15) is 34.5 Å².